The first kappa shape index (κ1) is 48.9. The molecule has 3 fully saturated rings. The second-order valence-electron chi connectivity index (χ2n) is 20.2. The van der Waals surface area contributed by atoms with Crippen molar-refractivity contribution in [2.75, 3.05) is 57.4 Å². The van der Waals surface area contributed by atoms with Crippen LogP contribution in [-0.2, 0) is 20.9 Å². The molecule has 3 aliphatic heterocycles. The third-order valence-electron chi connectivity index (χ3n) is 14.1. The minimum absolute atomic E-state index is 0.0988. The number of nitrogens with one attached hydrogen (secondary N) is 3. The number of amides is 3. The molecule has 17 heteroatoms. The Balaban J connectivity index is 0.748. The maximum atomic E-state index is 14.1. The molecule has 0 spiro atoms. The maximum absolute atomic E-state index is 14.1. The molecule has 3 amide bonds. The number of aliphatic hydroxyl groups is 1. The lowest BCUT2D eigenvalue weighted by molar-refractivity contribution is -0.164. The van der Waals surface area contributed by atoms with Crippen LogP contribution in [0.5, 0.6) is 5.75 Å². The Bertz CT molecular complexity index is 2550. The predicted molar refractivity (Wildman–Crippen MR) is 262 cm³/mol. The van der Waals surface area contributed by atoms with E-state index < -0.39 is 23.6 Å². The van der Waals surface area contributed by atoms with Crippen molar-refractivity contribution < 1.29 is 29.0 Å². The molecule has 68 heavy (non-hydrogen) atoms. The largest absolute Gasteiger partial charge is 0.489 e. The Labute approximate surface area is 407 Å². The molecule has 3 atom stereocenters. The Morgan fingerprint density at radius 2 is 1.74 bits per heavy atom. The number of piperazine rings is 1. The highest BCUT2D eigenvalue weighted by molar-refractivity contribution is 7.13. The summed E-state index contributed by atoms with van der Waals surface area (Å²) in [4.78, 5) is 57.2. The number of aliphatic hydroxyl groups excluding tert-OH is 1. The van der Waals surface area contributed by atoms with Crippen LogP contribution >= 0.6 is 22.9 Å². The van der Waals surface area contributed by atoms with Gasteiger partial charge in [0.15, 0.2) is 0 Å². The van der Waals surface area contributed by atoms with Gasteiger partial charge in [0, 0.05) is 92.5 Å². The normalized spacial score (nSPS) is 23.8. The van der Waals surface area contributed by atoms with E-state index in [4.69, 9.17) is 21.1 Å². The van der Waals surface area contributed by atoms with E-state index in [0.29, 0.717) is 41.7 Å². The lowest BCUT2D eigenvalue weighted by Gasteiger charge is -2.63. The molecule has 0 radical (unpaired) electrons. The summed E-state index contributed by atoms with van der Waals surface area (Å²) in [6.07, 6.45) is 2.87. The number of hydrogen-bond donors (Lipinski definition) is 4. The first-order chi connectivity index (χ1) is 32.3. The first-order valence-corrected chi connectivity index (χ1v) is 24.5. The highest BCUT2D eigenvalue weighted by atomic mass is 35.5. The van der Waals surface area contributed by atoms with Crippen LogP contribution in [0.3, 0.4) is 0 Å². The van der Waals surface area contributed by atoms with Gasteiger partial charge in [-0.25, -0.2) is 9.97 Å². The number of nitriles is 1. The van der Waals surface area contributed by atoms with Gasteiger partial charge in [-0.2, -0.15) is 5.26 Å². The number of halogens is 1. The van der Waals surface area contributed by atoms with Gasteiger partial charge < -0.3 is 40.3 Å². The van der Waals surface area contributed by atoms with Crippen LogP contribution in [0.15, 0.2) is 78.1 Å². The third kappa shape index (κ3) is 10.2. The SMILES string of the molecule is Cc1ncsc1-c1ccc(CNC(=O)[C@@H]2C[C@@H](O)CN2C(=O)[C@H]2NC(COCCN3CCN(c4ccc(C(=O)N[C@H]5C(C)(C)[C@H](Oc6ccc(C#N)c(Cl)c6)C5(C)C)cn4)CC3)=CC2(C)C)cc1. The van der Waals surface area contributed by atoms with Crippen molar-refractivity contribution in [1.29, 1.82) is 5.26 Å². The number of benzene rings is 2. The van der Waals surface area contributed by atoms with Crippen LogP contribution < -0.4 is 25.6 Å². The standard InChI is InChI=1S/C51H62ClN9O6S/c1-31-42(68-30-56-31)33-10-8-32(9-11-33)26-55-45(64)40-22-37(62)28-61(40)46(65)43-49(2,3)24-36(57-43)29-66-21-20-59-16-18-60(19-17-59)41-15-13-35(27-54-41)44(63)58-47-50(4,5)48(51(47,6)7)67-38-14-12-34(25-53)39(52)23-38/h8-15,23-24,27,30,37,40,43,47-48,57,62H,16-22,26,28-29H2,1-7H3,(H,55,64)(H,58,63)/t37-,40+,43-,47-,48-/m1/s1. The zero-order valence-electron chi connectivity index (χ0n) is 39.8. The van der Waals surface area contributed by atoms with Crippen molar-refractivity contribution in [3.05, 3.63) is 105 Å². The summed E-state index contributed by atoms with van der Waals surface area (Å²) in [6.45, 7) is 19.5. The number of anilines is 1. The molecule has 0 unspecified atom stereocenters. The highest BCUT2D eigenvalue weighted by Gasteiger charge is 2.64. The van der Waals surface area contributed by atoms with Crippen molar-refractivity contribution in [1.82, 2.24) is 35.7 Å². The lowest BCUT2D eigenvalue weighted by Crippen LogP contribution is -2.74. The molecule has 360 valence electrons. The quantitative estimate of drug-likeness (QED) is 0.103. The van der Waals surface area contributed by atoms with Crippen molar-refractivity contribution in [3.63, 3.8) is 0 Å². The van der Waals surface area contributed by atoms with Crippen LogP contribution in [0.25, 0.3) is 10.4 Å². The van der Waals surface area contributed by atoms with E-state index in [2.05, 4.69) is 69.5 Å². The number of rotatable bonds is 15. The molecule has 1 saturated carbocycles. The number of ether oxygens (including phenoxy) is 2. The zero-order valence-corrected chi connectivity index (χ0v) is 41.4. The Hall–Kier alpha value is -5.57. The second kappa shape index (κ2) is 19.8. The van der Waals surface area contributed by atoms with Crippen molar-refractivity contribution in [2.24, 2.45) is 16.2 Å². The number of carbonyl (C=O) groups is 3. The molecule has 5 heterocycles. The van der Waals surface area contributed by atoms with Crippen LogP contribution in [0.1, 0.15) is 75.1 Å². The van der Waals surface area contributed by atoms with Gasteiger partial charge in [-0.3, -0.25) is 19.3 Å². The number of nitrogens with zero attached hydrogens (tertiary/aromatic N) is 6. The molecule has 4 aliphatic rings. The molecule has 2 aromatic heterocycles. The van der Waals surface area contributed by atoms with Gasteiger partial charge in [-0.05, 0) is 42.3 Å². The van der Waals surface area contributed by atoms with Crippen LogP contribution in [-0.4, -0.2) is 125 Å². The number of hydrogen-bond acceptors (Lipinski definition) is 13. The molecule has 8 rings (SSSR count). The zero-order chi connectivity index (χ0) is 48.5. The van der Waals surface area contributed by atoms with Gasteiger partial charge in [0.05, 0.1) is 51.5 Å². The van der Waals surface area contributed by atoms with E-state index in [0.717, 1.165) is 65.9 Å². The minimum atomic E-state index is -0.784. The smallest absolute Gasteiger partial charge is 0.253 e. The molecule has 1 aliphatic carbocycles. The number of β-amino-alcohol motifs (C(OH)–C–C–N with tert-alkyl or cyclic N) is 1. The monoisotopic (exact) mass is 963 g/mol. The van der Waals surface area contributed by atoms with E-state index in [1.54, 1.807) is 35.7 Å². The van der Waals surface area contributed by atoms with Crippen LogP contribution in [0, 0.1) is 34.5 Å². The number of aromatic nitrogens is 2. The molecule has 4 aromatic rings. The second-order valence-corrected chi connectivity index (χ2v) is 21.5. The summed E-state index contributed by atoms with van der Waals surface area (Å²) in [5, 5.41) is 29.8. The summed E-state index contributed by atoms with van der Waals surface area (Å²) in [7, 11) is 0. The Kier molecular flexibility index (Phi) is 14.2. The lowest BCUT2D eigenvalue weighted by atomic mass is 9.49. The average molecular weight is 965 g/mol. The average Bonchev–Trinajstić information content (AvgIpc) is 4.03. The third-order valence-corrected chi connectivity index (χ3v) is 15.4. The molecule has 2 aromatic carbocycles. The van der Waals surface area contributed by atoms with E-state index in [9.17, 15) is 24.8 Å². The van der Waals surface area contributed by atoms with E-state index in [1.165, 1.54) is 4.90 Å². The van der Waals surface area contributed by atoms with Gasteiger partial charge >= 0.3 is 0 Å². The molecular weight excluding hydrogens is 902 g/mol. The number of likely N-dealkylation sites (tertiary alicyclic amines) is 1. The molecule has 15 nitrogen and oxygen atoms in total. The number of pyridine rings is 1. The number of aryl methyl sites for hydroxylation is 1. The van der Waals surface area contributed by atoms with Crippen LogP contribution in [0.4, 0.5) is 5.82 Å². The molecule has 2 saturated heterocycles. The van der Waals surface area contributed by atoms with Gasteiger partial charge in [-0.15, -0.1) is 11.3 Å². The van der Waals surface area contributed by atoms with E-state index >= 15 is 0 Å². The maximum Gasteiger partial charge on any atom is 0.253 e. The van der Waals surface area contributed by atoms with Crippen molar-refractivity contribution in [3.8, 4) is 22.3 Å². The number of carbonyl (C=O) groups excluding carboxylic acids is 3. The van der Waals surface area contributed by atoms with Crippen molar-refractivity contribution >= 4 is 46.5 Å². The summed E-state index contributed by atoms with van der Waals surface area (Å²) in [6, 6.07) is 17.3. The fourth-order valence-corrected chi connectivity index (χ4v) is 11.7. The predicted octanol–water partition coefficient (Wildman–Crippen LogP) is 5.95. The topological polar surface area (TPSA) is 185 Å². The molecular formula is C51H62ClN9O6S. The van der Waals surface area contributed by atoms with Gasteiger partial charge in [-0.1, -0.05) is 83.5 Å². The fraction of sp³-hybridized carbons (Fsp3) is 0.490. The molecule has 0 bridgehead atoms. The minimum Gasteiger partial charge on any atom is -0.489 e. The van der Waals surface area contributed by atoms with Crippen molar-refractivity contribution in [2.45, 2.75) is 91.8 Å². The van der Waals surface area contributed by atoms with Gasteiger partial charge in [0.25, 0.3) is 5.91 Å². The van der Waals surface area contributed by atoms with E-state index in [1.807, 2.05) is 68.8 Å². The van der Waals surface area contributed by atoms with E-state index in [-0.39, 0.29) is 53.7 Å². The van der Waals surface area contributed by atoms with Crippen LogP contribution in [0.2, 0.25) is 5.02 Å². The molecule has 4 N–H and O–H groups in total. The summed E-state index contributed by atoms with van der Waals surface area (Å²) >= 11 is 7.85. The van der Waals surface area contributed by atoms with Gasteiger partial charge in [0.1, 0.15) is 35.8 Å². The summed E-state index contributed by atoms with van der Waals surface area (Å²) in [5.41, 5.74) is 5.23. The summed E-state index contributed by atoms with van der Waals surface area (Å²) < 4.78 is 12.5. The van der Waals surface area contributed by atoms with Gasteiger partial charge in [0.2, 0.25) is 11.8 Å². The Morgan fingerprint density at radius 3 is 2.38 bits per heavy atom. The fourth-order valence-electron chi connectivity index (χ4n) is 10.6. The summed E-state index contributed by atoms with van der Waals surface area (Å²) in [5.74, 6) is 0.712. The number of thiazole rings is 1. The Morgan fingerprint density at radius 1 is 1.00 bits per heavy atom. The first-order valence-electron chi connectivity index (χ1n) is 23.3. The highest BCUT2D eigenvalue weighted by Crippen LogP contribution is 2.55.